The molecular weight excluding hydrogens is 216 g/mol. The molecule has 0 amide bonds. The largest absolute Gasteiger partial charge is 0.481 e. The van der Waals surface area contributed by atoms with Gasteiger partial charge in [-0.25, -0.2) is 8.78 Å². The molecule has 0 saturated heterocycles. The Balaban J connectivity index is 2.60. The van der Waals surface area contributed by atoms with Crippen molar-refractivity contribution in [3.8, 4) is 0 Å². The quantitative estimate of drug-likeness (QED) is 0.763. The van der Waals surface area contributed by atoms with Crippen LogP contribution in [0.15, 0.2) is 12.1 Å². The average Bonchev–Trinajstić information content (AvgIpc) is 2.22. The van der Waals surface area contributed by atoms with Crippen molar-refractivity contribution in [1.82, 2.24) is 0 Å². The number of nitrogens with one attached hydrogen (secondary N) is 1. The van der Waals surface area contributed by atoms with Crippen molar-refractivity contribution < 1.29 is 18.7 Å². The minimum Gasteiger partial charge on any atom is -0.481 e. The Kier molecular flexibility index (Phi) is 4.22. The molecule has 0 spiro atoms. The molecule has 0 unspecified atom stereocenters. The number of carbonyl (C=O) groups is 1. The zero-order chi connectivity index (χ0) is 12.1. The molecule has 1 aromatic carbocycles. The number of benzene rings is 1. The van der Waals surface area contributed by atoms with E-state index in [9.17, 15) is 13.6 Å². The van der Waals surface area contributed by atoms with Gasteiger partial charge in [-0.15, -0.1) is 0 Å². The first-order chi connectivity index (χ1) is 7.52. The second-order valence-corrected chi connectivity index (χ2v) is 3.48. The summed E-state index contributed by atoms with van der Waals surface area (Å²) in [6, 6.07) is 2.53. The van der Waals surface area contributed by atoms with Crippen LogP contribution in [0.2, 0.25) is 0 Å². The van der Waals surface area contributed by atoms with Crippen molar-refractivity contribution in [2.24, 2.45) is 0 Å². The van der Waals surface area contributed by atoms with Gasteiger partial charge in [-0.2, -0.15) is 0 Å². The predicted octanol–water partition coefficient (Wildman–Crippen LogP) is 2.55. The Bertz CT molecular complexity index is 394. The standard InChI is InChI=1S/C11H13F2NO2/c1-7-4-5-8(12)11(10(7)13)14-6-2-3-9(15)16/h4-5,14H,2-3,6H2,1H3,(H,15,16). The van der Waals surface area contributed by atoms with Gasteiger partial charge in [0.2, 0.25) is 0 Å². The highest BCUT2D eigenvalue weighted by atomic mass is 19.1. The third kappa shape index (κ3) is 3.18. The van der Waals surface area contributed by atoms with E-state index < -0.39 is 17.6 Å². The van der Waals surface area contributed by atoms with Crippen LogP contribution in [0.3, 0.4) is 0 Å². The highest BCUT2D eigenvalue weighted by Gasteiger charge is 2.10. The monoisotopic (exact) mass is 229 g/mol. The van der Waals surface area contributed by atoms with Crippen molar-refractivity contribution in [3.63, 3.8) is 0 Å². The maximum Gasteiger partial charge on any atom is 0.303 e. The Labute approximate surface area is 92.1 Å². The highest BCUT2D eigenvalue weighted by Crippen LogP contribution is 2.21. The fourth-order valence-corrected chi connectivity index (χ4v) is 1.27. The summed E-state index contributed by atoms with van der Waals surface area (Å²) in [5.74, 6) is -2.22. The molecule has 5 heteroatoms. The molecule has 16 heavy (non-hydrogen) atoms. The van der Waals surface area contributed by atoms with E-state index in [1.165, 1.54) is 19.1 Å². The lowest BCUT2D eigenvalue weighted by Gasteiger charge is -2.09. The second-order valence-electron chi connectivity index (χ2n) is 3.48. The molecule has 0 saturated carbocycles. The number of halogens is 2. The molecule has 0 aromatic heterocycles. The third-order valence-corrected chi connectivity index (χ3v) is 2.15. The van der Waals surface area contributed by atoms with Crippen molar-refractivity contribution in [3.05, 3.63) is 29.3 Å². The van der Waals surface area contributed by atoms with Gasteiger partial charge in [0.05, 0.1) is 0 Å². The average molecular weight is 229 g/mol. The molecule has 0 heterocycles. The van der Waals surface area contributed by atoms with E-state index in [1.54, 1.807) is 0 Å². The van der Waals surface area contributed by atoms with Gasteiger partial charge in [-0.3, -0.25) is 4.79 Å². The van der Waals surface area contributed by atoms with Gasteiger partial charge >= 0.3 is 5.97 Å². The molecule has 0 atom stereocenters. The van der Waals surface area contributed by atoms with Crippen LogP contribution in [0.1, 0.15) is 18.4 Å². The number of anilines is 1. The Hall–Kier alpha value is -1.65. The van der Waals surface area contributed by atoms with Gasteiger partial charge in [0, 0.05) is 13.0 Å². The summed E-state index contributed by atoms with van der Waals surface area (Å²) < 4.78 is 26.6. The SMILES string of the molecule is Cc1ccc(F)c(NCCCC(=O)O)c1F. The number of hydrogen-bond donors (Lipinski definition) is 2. The molecule has 0 aliphatic rings. The number of aryl methyl sites for hydroxylation is 1. The summed E-state index contributed by atoms with van der Waals surface area (Å²) in [4.78, 5) is 10.2. The van der Waals surface area contributed by atoms with Crippen LogP contribution in [-0.4, -0.2) is 17.6 Å². The minimum atomic E-state index is -0.924. The number of carboxylic acid groups (broad SMARTS) is 1. The summed E-state index contributed by atoms with van der Waals surface area (Å²) in [6.07, 6.45) is 0.296. The van der Waals surface area contributed by atoms with Gasteiger partial charge in [-0.1, -0.05) is 6.07 Å². The molecule has 2 N–H and O–H groups in total. The molecule has 0 bridgehead atoms. The van der Waals surface area contributed by atoms with Crippen LogP contribution >= 0.6 is 0 Å². The van der Waals surface area contributed by atoms with E-state index in [1.807, 2.05) is 0 Å². The maximum absolute atomic E-state index is 13.4. The summed E-state index contributed by atoms with van der Waals surface area (Å²) in [5, 5.41) is 11.0. The molecule has 0 aliphatic carbocycles. The van der Waals surface area contributed by atoms with E-state index in [0.29, 0.717) is 12.0 Å². The van der Waals surface area contributed by atoms with Crippen molar-refractivity contribution >= 4 is 11.7 Å². The first-order valence-corrected chi connectivity index (χ1v) is 4.92. The lowest BCUT2D eigenvalue weighted by atomic mass is 10.2. The molecule has 0 fully saturated rings. The van der Waals surface area contributed by atoms with Crippen molar-refractivity contribution in [2.45, 2.75) is 19.8 Å². The molecular formula is C11H13F2NO2. The van der Waals surface area contributed by atoms with Crippen molar-refractivity contribution in [1.29, 1.82) is 0 Å². The van der Waals surface area contributed by atoms with E-state index in [2.05, 4.69) is 5.32 Å². The summed E-state index contributed by atoms with van der Waals surface area (Å²) >= 11 is 0. The molecule has 0 aliphatic heterocycles. The van der Waals surface area contributed by atoms with Crippen LogP contribution in [0.25, 0.3) is 0 Å². The van der Waals surface area contributed by atoms with Gasteiger partial charge in [0.25, 0.3) is 0 Å². The predicted molar refractivity (Wildman–Crippen MR) is 56.5 cm³/mol. The maximum atomic E-state index is 13.4. The summed E-state index contributed by atoms with van der Waals surface area (Å²) in [6.45, 7) is 1.76. The Morgan fingerprint density at radius 2 is 2.12 bits per heavy atom. The van der Waals surface area contributed by atoms with Crippen LogP contribution in [0.5, 0.6) is 0 Å². The van der Waals surface area contributed by atoms with Gasteiger partial charge in [-0.05, 0) is 25.0 Å². The zero-order valence-electron chi connectivity index (χ0n) is 8.89. The van der Waals surface area contributed by atoms with Gasteiger partial charge < -0.3 is 10.4 Å². The first kappa shape index (κ1) is 12.4. The van der Waals surface area contributed by atoms with Gasteiger partial charge in [0.1, 0.15) is 11.5 Å². The molecule has 3 nitrogen and oxygen atoms in total. The number of rotatable bonds is 5. The number of carboxylic acids is 1. The van der Waals surface area contributed by atoms with E-state index in [0.717, 1.165) is 0 Å². The first-order valence-electron chi connectivity index (χ1n) is 4.92. The van der Waals surface area contributed by atoms with Crippen molar-refractivity contribution in [2.75, 3.05) is 11.9 Å². The van der Waals surface area contributed by atoms with E-state index in [-0.39, 0.29) is 18.7 Å². The lowest BCUT2D eigenvalue weighted by Crippen LogP contribution is -2.08. The van der Waals surface area contributed by atoms with Crippen LogP contribution in [0.4, 0.5) is 14.5 Å². The minimum absolute atomic E-state index is 0.0257. The second kappa shape index (κ2) is 5.44. The zero-order valence-corrected chi connectivity index (χ0v) is 8.89. The van der Waals surface area contributed by atoms with Crippen LogP contribution < -0.4 is 5.32 Å². The molecule has 1 aromatic rings. The van der Waals surface area contributed by atoms with Crippen LogP contribution in [-0.2, 0) is 4.79 Å². The number of aliphatic carboxylic acids is 1. The van der Waals surface area contributed by atoms with Crippen LogP contribution in [0, 0.1) is 18.6 Å². The Morgan fingerprint density at radius 3 is 2.75 bits per heavy atom. The third-order valence-electron chi connectivity index (χ3n) is 2.15. The summed E-state index contributed by atoms with van der Waals surface area (Å²) in [5.41, 5.74) is 0.160. The normalized spacial score (nSPS) is 10.2. The highest BCUT2D eigenvalue weighted by molar-refractivity contribution is 5.66. The summed E-state index contributed by atoms with van der Waals surface area (Å²) in [7, 11) is 0. The van der Waals surface area contributed by atoms with Gasteiger partial charge in [0.15, 0.2) is 5.82 Å². The topological polar surface area (TPSA) is 49.3 Å². The fraction of sp³-hybridized carbons (Fsp3) is 0.364. The smallest absolute Gasteiger partial charge is 0.303 e. The molecule has 0 radical (unpaired) electrons. The Morgan fingerprint density at radius 1 is 1.44 bits per heavy atom. The number of hydrogen-bond acceptors (Lipinski definition) is 2. The lowest BCUT2D eigenvalue weighted by molar-refractivity contribution is -0.137. The molecule has 88 valence electrons. The molecule has 1 rings (SSSR count). The fourth-order valence-electron chi connectivity index (χ4n) is 1.27. The van der Waals surface area contributed by atoms with E-state index in [4.69, 9.17) is 5.11 Å². The van der Waals surface area contributed by atoms with E-state index >= 15 is 0 Å².